The van der Waals surface area contributed by atoms with Crippen LogP contribution in [-0.4, -0.2) is 46.9 Å². The first-order chi connectivity index (χ1) is 23.8. The Balaban J connectivity index is 0.000000197. The number of thiazole rings is 2. The molecule has 1 atom stereocenters. The van der Waals surface area contributed by atoms with Crippen LogP contribution in [-0.2, 0) is 17.6 Å². The van der Waals surface area contributed by atoms with Gasteiger partial charge in [-0.1, -0.05) is 59.1 Å². The Morgan fingerprint density at radius 3 is 1.60 bits per heavy atom. The Kier molecular flexibility index (Phi) is 11.6. The summed E-state index contributed by atoms with van der Waals surface area (Å²) in [5, 5.41) is 10.6. The van der Waals surface area contributed by atoms with Gasteiger partial charge in [-0.15, -0.1) is 0 Å². The largest absolute Gasteiger partial charge is 0.493 e. The second kappa shape index (κ2) is 15.9. The number of aliphatic hydroxyl groups is 1. The number of methoxy groups -OCH3 is 2. The maximum atomic E-state index is 12.8. The molecule has 8 nitrogen and oxygen atoms in total. The van der Waals surface area contributed by atoms with E-state index >= 15 is 0 Å². The van der Waals surface area contributed by atoms with E-state index in [9.17, 15) is 23.1 Å². The average Bonchev–Trinajstić information content (AvgIpc) is 3.70. The molecule has 6 aromatic rings. The highest BCUT2D eigenvalue weighted by atomic mass is 32.1. The summed E-state index contributed by atoms with van der Waals surface area (Å²) >= 11 is 2.88. The molecule has 0 amide bonds. The number of ketones is 1. The zero-order chi connectivity index (χ0) is 35.9. The molecule has 0 aliphatic rings. The third-order valence-corrected chi connectivity index (χ3v) is 9.50. The number of aromatic nitrogens is 2. The lowest BCUT2D eigenvalue weighted by atomic mass is 9.96. The Hall–Kier alpha value is -4.72. The molecule has 1 unspecified atom stereocenters. The highest BCUT2D eigenvalue weighted by molar-refractivity contribution is 7.20. The number of para-hydroxylation sites is 2. The van der Waals surface area contributed by atoms with Crippen LogP contribution in [0.4, 0.5) is 13.2 Å². The number of carbonyl (C=O) groups excluding carboxylic acids is 1. The van der Waals surface area contributed by atoms with Gasteiger partial charge in [0.25, 0.3) is 10.4 Å². The molecule has 0 saturated carbocycles. The molecule has 13 heteroatoms. The molecule has 50 heavy (non-hydrogen) atoms. The van der Waals surface area contributed by atoms with Gasteiger partial charge < -0.3 is 28.8 Å². The van der Waals surface area contributed by atoms with Crippen LogP contribution in [0.5, 0.6) is 33.4 Å². The second-order valence-electron chi connectivity index (χ2n) is 11.5. The molecule has 6 rings (SSSR count). The number of carbonyl (C=O) groups is 1. The van der Waals surface area contributed by atoms with Crippen LogP contribution < -0.4 is 18.9 Å². The lowest BCUT2D eigenvalue weighted by Gasteiger charge is -2.26. The fourth-order valence-corrected chi connectivity index (χ4v) is 6.39. The quantitative estimate of drug-likeness (QED) is 0.133. The summed E-state index contributed by atoms with van der Waals surface area (Å²) in [6.45, 7) is 2.37. The van der Waals surface area contributed by atoms with E-state index in [1.165, 1.54) is 29.8 Å². The van der Waals surface area contributed by atoms with Crippen molar-refractivity contribution in [3.05, 3.63) is 96.1 Å². The number of nitrogens with zero attached hydrogens (tertiary/aromatic N) is 2. The van der Waals surface area contributed by atoms with E-state index in [2.05, 4.69) is 9.97 Å². The molecular formula is C37H35F3N2O6S2. The number of aryl methyl sites for hydroxylation is 2. The molecule has 0 fully saturated rings. The van der Waals surface area contributed by atoms with Gasteiger partial charge in [0.15, 0.2) is 28.6 Å². The minimum absolute atomic E-state index is 0.0459. The van der Waals surface area contributed by atoms with Crippen molar-refractivity contribution in [2.24, 2.45) is 0 Å². The fraction of sp³-hybridized carbons (Fsp3) is 0.270. The third-order valence-electron chi connectivity index (χ3n) is 7.68. The van der Waals surface area contributed by atoms with E-state index in [-0.39, 0.29) is 12.2 Å². The van der Waals surface area contributed by atoms with Gasteiger partial charge in [0.05, 0.1) is 34.7 Å². The van der Waals surface area contributed by atoms with Gasteiger partial charge in [-0.25, -0.2) is 9.97 Å². The summed E-state index contributed by atoms with van der Waals surface area (Å²) in [6.07, 6.45) is -3.84. The maximum absolute atomic E-state index is 12.8. The Bertz CT molecular complexity index is 2010. The second-order valence-corrected chi connectivity index (χ2v) is 13.5. The van der Waals surface area contributed by atoms with Crippen molar-refractivity contribution in [3.63, 3.8) is 0 Å². The summed E-state index contributed by atoms with van der Waals surface area (Å²) in [4.78, 5) is 19.9. The highest BCUT2D eigenvalue weighted by Gasteiger charge is 2.49. The van der Waals surface area contributed by atoms with Crippen molar-refractivity contribution in [2.75, 3.05) is 14.2 Å². The molecule has 0 spiro atoms. The predicted octanol–water partition coefficient (Wildman–Crippen LogP) is 9.96. The van der Waals surface area contributed by atoms with Gasteiger partial charge in [-0.3, -0.25) is 0 Å². The molecule has 2 aromatic heterocycles. The number of rotatable bonds is 12. The Labute approximate surface area is 295 Å². The van der Waals surface area contributed by atoms with Gasteiger partial charge in [-0.2, -0.15) is 13.2 Å². The van der Waals surface area contributed by atoms with Crippen LogP contribution in [0.15, 0.2) is 84.9 Å². The summed E-state index contributed by atoms with van der Waals surface area (Å²) in [6, 6.07) is 26.1. The number of hydrogen-bond acceptors (Lipinski definition) is 10. The summed E-state index contributed by atoms with van der Waals surface area (Å²) in [5.74, 6) is 2.25. The summed E-state index contributed by atoms with van der Waals surface area (Å²) in [7, 11) is 3.06. The zero-order valence-electron chi connectivity index (χ0n) is 27.7. The zero-order valence-corrected chi connectivity index (χ0v) is 29.4. The lowest BCUT2D eigenvalue weighted by Crippen LogP contribution is -2.42. The molecule has 1 N–H and O–H groups in total. The molecular weight excluding hydrogens is 690 g/mol. The SMILES string of the molecule is COc1cc(CCC(C)(O)C(F)(F)F)ccc1Oc1nc2ccccc2s1.COc1cc(CCC(C)=O)ccc1Oc1nc2ccccc2s1. The smallest absolute Gasteiger partial charge is 0.416 e. The molecule has 262 valence electrons. The number of benzene rings is 4. The molecule has 2 heterocycles. The summed E-state index contributed by atoms with van der Waals surface area (Å²) in [5.41, 5.74) is 0.657. The predicted molar refractivity (Wildman–Crippen MR) is 189 cm³/mol. The van der Waals surface area contributed by atoms with Gasteiger partial charge in [0.2, 0.25) is 0 Å². The van der Waals surface area contributed by atoms with E-state index in [1.54, 1.807) is 32.2 Å². The van der Waals surface area contributed by atoms with Crippen LogP contribution in [0.3, 0.4) is 0 Å². The highest BCUT2D eigenvalue weighted by Crippen LogP contribution is 2.39. The molecule has 4 aromatic carbocycles. The summed E-state index contributed by atoms with van der Waals surface area (Å²) < 4.78 is 62.8. The molecule has 0 saturated heterocycles. The standard InChI is InChI=1S/C19H18F3NO3S.C18H17NO3S/c1-18(24,19(20,21)22)10-9-12-7-8-14(15(11-12)25-2)26-17-23-13-5-3-4-6-16(13)27-17;1-12(20)7-8-13-9-10-15(16(11-13)21-2)22-18-19-14-5-3-4-6-17(14)23-18/h3-8,11,24H,9-10H2,1-2H3;3-6,9-11H,7-8H2,1-2H3. The van der Waals surface area contributed by atoms with Gasteiger partial charge in [0.1, 0.15) is 5.78 Å². The number of ether oxygens (including phenoxy) is 4. The van der Waals surface area contributed by atoms with Crippen LogP contribution in [0.1, 0.15) is 37.8 Å². The van der Waals surface area contributed by atoms with E-state index in [4.69, 9.17) is 18.9 Å². The van der Waals surface area contributed by atoms with Crippen molar-refractivity contribution >= 4 is 48.9 Å². The molecule has 0 aliphatic carbocycles. The Morgan fingerprint density at radius 2 is 1.18 bits per heavy atom. The van der Waals surface area contributed by atoms with Crippen molar-refractivity contribution in [1.29, 1.82) is 0 Å². The lowest BCUT2D eigenvalue weighted by molar-refractivity contribution is -0.254. The van der Waals surface area contributed by atoms with Crippen molar-refractivity contribution < 1.29 is 42.0 Å². The first-order valence-corrected chi connectivity index (χ1v) is 17.2. The van der Waals surface area contributed by atoms with Gasteiger partial charge in [-0.05, 0) is 92.8 Å². The average molecular weight is 725 g/mol. The monoisotopic (exact) mass is 724 g/mol. The van der Waals surface area contributed by atoms with Crippen molar-refractivity contribution in [3.8, 4) is 33.4 Å². The minimum Gasteiger partial charge on any atom is -0.493 e. The minimum atomic E-state index is -4.67. The number of Topliss-reactive ketones (excluding diaryl/α,β-unsaturated/α-hetero) is 1. The first-order valence-electron chi connectivity index (χ1n) is 15.5. The number of hydrogen-bond donors (Lipinski definition) is 1. The van der Waals surface area contributed by atoms with E-state index in [0.29, 0.717) is 51.8 Å². The number of alkyl halides is 3. The van der Waals surface area contributed by atoms with Crippen molar-refractivity contribution in [1.82, 2.24) is 9.97 Å². The van der Waals surface area contributed by atoms with Crippen molar-refractivity contribution in [2.45, 2.75) is 51.3 Å². The first kappa shape index (κ1) is 36.6. The van der Waals surface area contributed by atoms with E-state index in [0.717, 1.165) is 32.9 Å². The van der Waals surface area contributed by atoms with Crippen LogP contribution in [0.25, 0.3) is 20.4 Å². The van der Waals surface area contributed by atoms with Crippen LogP contribution in [0, 0.1) is 0 Å². The van der Waals surface area contributed by atoms with Crippen LogP contribution in [0.2, 0.25) is 0 Å². The Morgan fingerprint density at radius 1 is 0.720 bits per heavy atom. The number of fused-ring (bicyclic) bond motifs is 2. The normalized spacial score (nSPS) is 12.6. The maximum Gasteiger partial charge on any atom is 0.416 e. The third kappa shape index (κ3) is 9.29. The van der Waals surface area contributed by atoms with E-state index < -0.39 is 18.2 Å². The van der Waals surface area contributed by atoms with Gasteiger partial charge in [0, 0.05) is 6.42 Å². The number of halogens is 3. The topological polar surface area (TPSA) is 100 Å². The molecule has 0 radical (unpaired) electrons. The van der Waals surface area contributed by atoms with Crippen LogP contribution >= 0.6 is 22.7 Å². The van der Waals surface area contributed by atoms with Gasteiger partial charge >= 0.3 is 6.18 Å². The molecule has 0 aliphatic heterocycles. The van der Waals surface area contributed by atoms with E-state index in [1.807, 2.05) is 66.7 Å². The molecule has 0 bridgehead atoms. The fourth-order valence-electron chi connectivity index (χ4n) is 4.73.